The monoisotopic (exact) mass is 358 g/mol. The molecule has 1 fully saturated rings. The SMILES string of the molecule is COc1ccc2c(c1)[C@@]1(CCO2)C[C@@H]1C(=O)NCc1nc(C)c(C)s1. The fourth-order valence-corrected chi connectivity index (χ4v) is 4.63. The number of carbonyl (C=O) groups excluding carboxylic acids is 1. The second kappa shape index (κ2) is 6.02. The highest BCUT2D eigenvalue weighted by Gasteiger charge is 2.61. The number of thiazole rings is 1. The van der Waals surface area contributed by atoms with E-state index in [2.05, 4.69) is 17.2 Å². The molecule has 1 saturated carbocycles. The Morgan fingerprint density at radius 1 is 1.48 bits per heavy atom. The van der Waals surface area contributed by atoms with Gasteiger partial charge in [-0.1, -0.05) is 0 Å². The first-order valence-corrected chi connectivity index (χ1v) is 9.37. The summed E-state index contributed by atoms with van der Waals surface area (Å²) in [6.45, 7) is 5.22. The third-order valence-corrected chi connectivity index (χ3v) is 6.48. The summed E-state index contributed by atoms with van der Waals surface area (Å²) in [6.07, 6.45) is 1.75. The van der Waals surface area contributed by atoms with Crippen LogP contribution in [0.1, 0.15) is 34.0 Å². The van der Waals surface area contributed by atoms with Gasteiger partial charge in [0, 0.05) is 21.8 Å². The third kappa shape index (κ3) is 2.78. The van der Waals surface area contributed by atoms with Gasteiger partial charge in [-0.15, -0.1) is 11.3 Å². The Balaban J connectivity index is 1.49. The second-order valence-electron chi connectivity index (χ2n) is 6.84. The van der Waals surface area contributed by atoms with Gasteiger partial charge in [0.15, 0.2) is 0 Å². The van der Waals surface area contributed by atoms with Crippen LogP contribution in [0.3, 0.4) is 0 Å². The van der Waals surface area contributed by atoms with Crippen molar-refractivity contribution < 1.29 is 14.3 Å². The fourth-order valence-electron chi connectivity index (χ4n) is 3.75. The summed E-state index contributed by atoms with van der Waals surface area (Å²) in [5.74, 6) is 1.81. The zero-order chi connectivity index (χ0) is 17.6. The first-order valence-electron chi connectivity index (χ1n) is 8.55. The number of fused-ring (bicyclic) bond motifs is 2. The van der Waals surface area contributed by atoms with E-state index in [1.165, 1.54) is 4.88 Å². The summed E-state index contributed by atoms with van der Waals surface area (Å²) in [5.41, 5.74) is 2.06. The Bertz CT molecular complexity index is 813. The number of benzene rings is 1. The normalized spacial score (nSPS) is 23.7. The Morgan fingerprint density at radius 2 is 2.32 bits per heavy atom. The number of ether oxygens (including phenoxy) is 2. The Morgan fingerprint density at radius 3 is 3.04 bits per heavy atom. The number of nitrogens with zero attached hydrogens (tertiary/aromatic N) is 1. The largest absolute Gasteiger partial charge is 0.497 e. The van der Waals surface area contributed by atoms with Gasteiger partial charge in [0.1, 0.15) is 16.5 Å². The third-order valence-electron chi connectivity index (χ3n) is 5.41. The van der Waals surface area contributed by atoms with Crippen molar-refractivity contribution in [3.8, 4) is 11.5 Å². The maximum Gasteiger partial charge on any atom is 0.224 e. The van der Waals surface area contributed by atoms with Gasteiger partial charge in [0.05, 0.1) is 26.0 Å². The van der Waals surface area contributed by atoms with Crippen LogP contribution in [0.25, 0.3) is 0 Å². The molecule has 6 heteroatoms. The second-order valence-corrected chi connectivity index (χ2v) is 8.13. The molecule has 1 aromatic heterocycles. The first-order chi connectivity index (χ1) is 12.0. The van der Waals surface area contributed by atoms with E-state index in [1.54, 1.807) is 18.4 Å². The van der Waals surface area contributed by atoms with Gasteiger partial charge < -0.3 is 14.8 Å². The van der Waals surface area contributed by atoms with Crippen LogP contribution in [0.15, 0.2) is 18.2 Å². The van der Waals surface area contributed by atoms with Crippen LogP contribution in [-0.2, 0) is 16.8 Å². The number of rotatable bonds is 4. The van der Waals surface area contributed by atoms with E-state index < -0.39 is 0 Å². The molecule has 0 bridgehead atoms. The summed E-state index contributed by atoms with van der Waals surface area (Å²) in [4.78, 5) is 18.4. The minimum Gasteiger partial charge on any atom is -0.497 e. The number of amides is 1. The van der Waals surface area contributed by atoms with E-state index in [1.807, 2.05) is 25.1 Å². The first kappa shape index (κ1) is 16.4. The molecule has 2 aromatic rings. The molecule has 0 radical (unpaired) electrons. The summed E-state index contributed by atoms with van der Waals surface area (Å²) >= 11 is 1.65. The molecule has 1 N–H and O–H groups in total. The summed E-state index contributed by atoms with van der Waals surface area (Å²) in [7, 11) is 1.66. The molecule has 2 heterocycles. The van der Waals surface area contributed by atoms with Crippen LogP contribution in [0.5, 0.6) is 11.5 Å². The van der Waals surface area contributed by atoms with Crippen molar-refractivity contribution in [2.45, 2.75) is 38.6 Å². The van der Waals surface area contributed by atoms with Crippen molar-refractivity contribution >= 4 is 17.2 Å². The molecule has 2 aliphatic rings. The zero-order valence-corrected chi connectivity index (χ0v) is 15.5. The lowest BCUT2D eigenvalue weighted by molar-refractivity contribution is -0.123. The number of hydrogen-bond donors (Lipinski definition) is 1. The Hall–Kier alpha value is -2.08. The molecule has 0 unspecified atom stereocenters. The van der Waals surface area contributed by atoms with Gasteiger partial charge >= 0.3 is 0 Å². The molecule has 1 spiro atoms. The van der Waals surface area contributed by atoms with Crippen LogP contribution in [-0.4, -0.2) is 24.6 Å². The molecule has 0 saturated heterocycles. The van der Waals surface area contributed by atoms with Crippen molar-refractivity contribution in [1.29, 1.82) is 0 Å². The van der Waals surface area contributed by atoms with E-state index in [0.29, 0.717) is 13.2 Å². The van der Waals surface area contributed by atoms with Crippen LogP contribution < -0.4 is 14.8 Å². The quantitative estimate of drug-likeness (QED) is 0.912. The van der Waals surface area contributed by atoms with Gasteiger partial charge in [-0.25, -0.2) is 4.98 Å². The van der Waals surface area contributed by atoms with Gasteiger partial charge in [0.2, 0.25) is 5.91 Å². The van der Waals surface area contributed by atoms with E-state index in [4.69, 9.17) is 9.47 Å². The number of aryl methyl sites for hydroxylation is 2. The molecule has 5 nitrogen and oxygen atoms in total. The van der Waals surface area contributed by atoms with E-state index in [9.17, 15) is 4.79 Å². The predicted molar refractivity (Wildman–Crippen MR) is 96.3 cm³/mol. The average Bonchev–Trinajstić information content (AvgIpc) is 3.24. The Kier molecular flexibility index (Phi) is 3.95. The topological polar surface area (TPSA) is 60.5 Å². The van der Waals surface area contributed by atoms with Crippen molar-refractivity contribution in [3.63, 3.8) is 0 Å². The smallest absolute Gasteiger partial charge is 0.224 e. The minimum atomic E-state index is -0.0963. The summed E-state index contributed by atoms with van der Waals surface area (Å²) in [6, 6.07) is 5.88. The number of hydrogen-bond acceptors (Lipinski definition) is 5. The van der Waals surface area contributed by atoms with Crippen LogP contribution in [0.4, 0.5) is 0 Å². The van der Waals surface area contributed by atoms with E-state index in [0.717, 1.165) is 40.6 Å². The minimum absolute atomic E-state index is 0.00409. The van der Waals surface area contributed by atoms with Crippen LogP contribution in [0, 0.1) is 19.8 Å². The maximum absolute atomic E-state index is 12.7. The summed E-state index contributed by atoms with van der Waals surface area (Å²) < 4.78 is 11.1. The highest BCUT2D eigenvalue weighted by Crippen LogP contribution is 2.61. The molecular formula is C19H22N2O3S. The van der Waals surface area contributed by atoms with Gasteiger partial charge in [0.25, 0.3) is 0 Å². The number of methoxy groups -OCH3 is 1. The number of carbonyl (C=O) groups is 1. The molecule has 4 rings (SSSR count). The van der Waals surface area contributed by atoms with Crippen molar-refractivity contribution in [3.05, 3.63) is 39.3 Å². The standard InChI is InChI=1S/C19H22N2O3S/c1-11-12(2)25-17(21-11)10-20-18(22)15-9-19(15)6-7-24-16-5-4-13(23-3)8-14(16)19/h4-5,8,15H,6-7,9-10H2,1-3H3,(H,20,22)/t15-,19-/m1/s1. The maximum atomic E-state index is 12.7. The molecule has 1 aliphatic carbocycles. The lowest BCUT2D eigenvalue weighted by atomic mass is 9.87. The van der Waals surface area contributed by atoms with Crippen LogP contribution >= 0.6 is 11.3 Å². The number of nitrogens with one attached hydrogen (secondary N) is 1. The molecule has 25 heavy (non-hydrogen) atoms. The van der Waals surface area contributed by atoms with Gasteiger partial charge in [-0.2, -0.15) is 0 Å². The lowest BCUT2D eigenvalue weighted by Crippen LogP contribution is -2.30. The fraction of sp³-hybridized carbons (Fsp3) is 0.474. The molecule has 132 valence electrons. The lowest BCUT2D eigenvalue weighted by Gasteiger charge is -2.27. The van der Waals surface area contributed by atoms with Crippen molar-refractivity contribution in [1.82, 2.24) is 10.3 Å². The highest BCUT2D eigenvalue weighted by molar-refractivity contribution is 7.11. The zero-order valence-electron chi connectivity index (χ0n) is 14.7. The number of aromatic nitrogens is 1. The Labute approximate surface area is 151 Å². The molecule has 2 atom stereocenters. The van der Waals surface area contributed by atoms with Crippen molar-refractivity contribution in [2.75, 3.05) is 13.7 Å². The van der Waals surface area contributed by atoms with Gasteiger partial charge in [-0.3, -0.25) is 4.79 Å². The molecule has 1 aromatic carbocycles. The summed E-state index contributed by atoms with van der Waals surface area (Å²) in [5, 5.41) is 4.03. The molecule has 1 aliphatic heterocycles. The van der Waals surface area contributed by atoms with Crippen LogP contribution in [0.2, 0.25) is 0 Å². The average molecular weight is 358 g/mol. The molecule has 1 amide bonds. The van der Waals surface area contributed by atoms with Gasteiger partial charge in [-0.05, 0) is 44.9 Å². The highest BCUT2D eigenvalue weighted by atomic mass is 32.1. The van der Waals surface area contributed by atoms with Crippen molar-refractivity contribution in [2.24, 2.45) is 5.92 Å². The van der Waals surface area contributed by atoms with E-state index in [-0.39, 0.29) is 17.2 Å². The molecular weight excluding hydrogens is 336 g/mol. The predicted octanol–water partition coefficient (Wildman–Crippen LogP) is 3.13. The van der Waals surface area contributed by atoms with E-state index >= 15 is 0 Å².